The molecule has 1 aromatic heterocycles. The van der Waals surface area contributed by atoms with E-state index in [0.29, 0.717) is 49.7 Å². The number of nitrogens with zero attached hydrogens (tertiary/aromatic N) is 3. The Morgan fingerprint density at radius 3 is 2.46 bits per heavy atom. The lowest BCUT2D eigenvalue weighted by Gasteiger charge is -2.38. The Hall–Kier alpha value is -1.71. The summed E-state index contributed by atoms with van der Waals surface area (Å²) in [7, 11) is -3.42. The van der Waals surface area contributed by atoms with E-state index in [1.165, 1.54) is 10.5 Å². The van der Waals surface area contributed by atoms with Gasteiger partial charge < -0.3 is 10.2 Å². The highest BCUT2D eigenvalue weighted by Gasteiger charge is 2.38. The molecule has 0 saturated carbocycles. The van der Waals surface area contributed by atoms with E-state index < -0.39 is 16.1 Å². The lowest BCUT2D eigenvalue weighted by molar-refractivity contribution is -0.139. The smallest absolute Gasteiger partial charge is 0.241 e. The van der Waals surface area contributed by atoms with Crippen LogP contribution in [-0.2, 0) is 19.6 Å². The minimum atomic E-state index is -3.42. The van der Waals surface area contributed by atoms with Crippen LogP contribution in [0.25, 0.3) is 0 Å². The second-order valence-electron chi connectivity index (χ2n) is 7.34. The number of sulfonamides is 1. The summed E-state index contributed by atoms with van der Waals surface area (Å²) >= 11 is 5.79. The first kappa shape index (κ1) is 21.0. The molecule has 28 heavy (non-hydrogen) atoms. The lowest BCUT2D eigenvalue weighted by Crippen LogP contribution is -2.54. The van der Waals surface area contributed by atoms with Crippen LogP contribution in [0.5, 0.6) is 0 Å². The molecule has 0 radical (unpaired) electrons. The van der Waals surface area contributed by atoms with Crippen molar-refractivity contribution in [3.8, 4) is 0 Å². The molecule has 2 fully saturated rings. The Labute approximate surface area is 170 Å². The Kier molecular flexibility index (Phi) is 6.57. The molecular weight excluding hydrogens is 404 g/mol. The normalized spacial score (nSPS) is 22.1. The number of rotatable bonds is 4. The Morgan fingerprint density at radius 2 is 1.86 bits per heavy atom. The summed E-state index contributed by atoms with van der Waals surface area (Å²) in [5.74, 6) is -0.0431. The average Bonchev–Trinajstić information content (AvgIpc) is 2.68. The fourth-order valence-electron chi connectivity index (χ4n) is 3.80. The van der Waals surface area contributed by atoms with Gasteiger partial charge in [-0.2, -0.15) is 4.31 Å². The number of aromatic nitrogens is 1. The van der Waals surface area contributed by atoms with Crippen LogP contribution in [0.2, 0.25) is 5.02 Å². The van der Waals surface area contributed by atoms with Crippen LogP contribution in [0.4, 0.5) is 5.82 Å². The van der Waals surface area contributed by atoms with Gasteiger partial charge in [0, 0.05) is 31.7 Å². The molecule has 1 N–H and O–H groups in total. The number of carbonyl (C=O) groups is 2. The maximum absolute atomic E-state index is 12.9. The molecule has 10 heteroatoms. The van der Waals surface area contributed by atoms with E-state index in [1.807, 2.05) is 0 Å². The van der Waals surface area contributed by atoms with Gasteiger partial charge in [0.05, 0.1) is 11.3 Å². The van der Waals surface area contributed by atoms with Crippen molar-refractivity contribution in [2.45, 2.75) is 38.1 Å². The van der Waals surface area contributed by atoms with E-state index in [1.54, 1.807) is 17.0 Å². The third kappa shape index (κ3) is 5.01. The Balaban J connectivity index is 1.56. The fourth-order valence-corrected chi connectivity index (χ4v) is 5.03. The van der Waals surface area contributed by atoms with Crippen LogP contribution in [0.15, 0.2) is 18.3 Å². The number of hydrogen-bond donors (Lipinski definition) is 1. The molecule has 0 aromatic carbocycles. The zero-order chi connectivity index (χ0) is 20.3. The summed E-state index contributed by atoms with van der Waals surface area (Å²) in [4.78, 5) is 31.1. The highest BCUT2D eigenvalue weighted by atomic mass is 35.5. The molecule has 1 atom stereocenters. The van der Waals surface area contributed by atoms with Crippen LogP contribution in [0.3, 0.4) is 0 Å². The second-order valence-corrected chi connectivity index (χ2v) is 9.71. The van der Waals surface area contributed by atoms with E-state index in [2.05, 4.69) is 10.3 Å². The Morgan fingerprint density at radius 1 is 1.14 bits per heavy atom. The largest absolute Gasteiger partial charge is 0.341 e. The lowest BCUT2D eigenvalue weighted by atomic mass is 9.94. The van der Waals surface area contributed by atoms with Gasteiger partial charge in [-0.25, -0.2) is 13.4 Å². The number of likely N-dealkylation sites (tertiary alicyclic amines) is 1. The average molecular weight is 429 g/mol. The third-order valence-corrected chi connectivity index (χ3v) is 6.83. The number of amides is 2. The Bertz CT molecular complexity index is 822. The summed E-state index contributed by atoms with van der Waals surface area (Å²) in [6.45, 7) is 1.28. The van der Waals surface area contributed by atoms with Gasteiger partial charge in [-0.3, -0.25) is 9.59 Å². The van der Waals surface area contributed by atoms with Crippen molar-refractivity contribution in [3.63, 3.8) is 0 Å². The van der Waals surface area contributed by atoms with Crippen molar-refractivity contribution in [2.75, 3.05) is 31.2 Å². The van der Waals surface area contributed by atoms with Crippen LogP contribution in [0.1, 0.15) is 32.1 Å². The molecule has 3 rings (SSSR count). The summed E-state index contributed by atoms with van der Waals surface area (Å²) < 4.78 is 25.3. The molecule has 8 nitrogen and oxygen atoms in total. The predicted octanol–water partition coefficient (Wildman–Crippen LogP) is 1.73. The van der Waals surface area contributed by atoms with Crippen molar-refractivity contribution < 1.29 is 18.0 Å². The van der Waals surface area contributed by atoms with Crippen LogP contribution in [0, 0.1) is 5.92 Å². The first-order chi connectivity index (χ1) is 13.3. The van der Waals surface area contributed by atoms with Crippen molar-refractivity contribution in [3.05, 3.63) is 23.4 Å². The summed E-state index contributed by atoms with van der Waals surface area (Å²) in [6.07, 6.45) is 5.87. The minimum Gasteiger partial charge on any atom is -0.341 e. The van der Waals surface area contributed by atoms with E-state index in [-0.39, 0.29) is 17.7 Å². The van der Waals surface area contributed by atoms with Gasteiger partial charge in [-0.05, 0) is 37.8 Å². The first-order valence-electron chi connectivity index (χ1n) is 9.44. The molecule has 1 aromatic rings. The minimum absolute atomic E-state index is 0.127. The van der Waals surface area contributed by atoms with Gasteiger partial charge >= 0.3 is 0 Å². The molecule has 0 bridgehead atoms. The number of halogens is 1. The standard InChI is InChI=1S/C18H25ClN4O4S/c1-28(26,27)23-9-3-2-4-15(23)18(25)22-10-7-13(8-11-22)17(24)21-16-6-5-14(19)12-20-16/h5-6,12-13,15H,2-4,7-11H2,1H3,(H,20,21,24). The molecule has 154 valence electrons. The van der Waals surface area contributed by atoms with E-state index >= 15 is 0 Å². The first-order valence-corrected chi connectivity index (χ1v) is 11.7. The summed E-state index contributed by atoms with van der Waals surface area (Å²) in [6, 6.07) is 2.68. The molecule has 2 amide bonds. The van der Waals surface area contributed by atoms with Crippen LogP contribution >= 0.6 is 11.6 Å². The molecule has 2 saturated heterocycles. The van der Waals surface area contributed by atoms with Gasteiger partial charge in [0.2, 0.25) is 21.8 Å². The van der Waals surface area contributed by atoms with Gasteiger partial charge in [0.25, 0.3) is 0 Å². The number of pyridine rings is 1. The molecule has 2 aliphatic heterocycles. The zero-order valence-electron chi connectivity index (χ0n) is 15.8. The predicted molar refractivity (Wildman–Crippen MR) is 106 cm³/mol. The van der Waals surface area contributed by atoms with Gasteiger partial charge in [0.1, 0.15) is 11.9 Å². The third-order valence-electron chi connectivity index (χ3n) is 5.32. The molecule has 0 aliphatic carbocycles. The monoisotopic (exact) mass is 428 g/mol. The van der Waals surface area contributed by atoms with E-state index in [0.717, 1.165) is 19.1 Å². The molecular formula is C18H25ClN4O4S. The van der Waals surface area contributed by atoms with E-state index in [9.17, 15) is 18.0 Å². The highest BCUT2D eigenvalue weighted by Crippen LogP contribution is 2.25. The molecule has 2 aliphatic rings. The maximum atomic E-state index is 12.9. The topological polar surface area (TPSA) is 99.7 Å². The van der Waals surface area contributed by atoms with Crippen molar-refractivity contribution >= 4 is 39.3 Å². The van der Waals surface area contributed by atoms with Gasteiger partial charge in [-0.15, -0.1) is 0 Å². The fraction of sp³-hybridized carbons (Fsp3) is 0.611. The van der Waals surface area contributed by atoms with Gasteiger partial charge in [0.15, 0.2) is 0 Å². The summed E-state index contributed by atoms with van der Waals surface area (Å²) in [5, 5.41) is 3.27. The highest BCUT2D eigenvalue weighted by molar-refractivity contribution is 7.88. The van der Waals surface area contributed by atoms with Crippen molar-refractivity contribution in [1.29, 1.82) is 0 Å². The van der Waals surface area contributed by atoms with Gasteiger partial charge in [-0.1, -0.05) is 18.0 Å². The number of hydrogen-bond acceptors (Lipinski definition) is 5. The van der Waals surface area contributed by atoms with Crippen LogP contribution < -0.4 is 5.32 Å². The number of carbonyl (C=O) groups excluding carboxylic acids is 2. The maximum Gasteiger partial charge on any atom is 0.241 e. The number of nitrogens with one attached hydrogen (secondary N) is 1. The zero-order valence-corrected chi connectivity index (χ0v) is 17.4. The van der Waals surface area contributed by atoms with E-state index in [4.69, 9.17) is 11.6 Å². The summed E-state index contributed by atoms with van der Waals surface area (Å²) in [5.41, 5.74) is 0. The van der Waals surface area contributed by atoms with Crippen molar-refractivity contribution in [1.82, 2.24) is 14.2 Å². The van der Waals surface area contributed by atoms with Crippen molar-refractivity contribution in [2.24, 2.45) is 5.92 Å². The molecule has 0 spiro atoms. The quantitative estimate of drug-likeness (QED) is 0.787. The second kappa shape index (κ2) is 8.75. The SMILES string of the molecule is CS(=O)(=O)N1CCCCC1C(=O)N1CCC(C(=O)Nc2ccc(Cl)cn2)CC1. The molecule has 3 heterocycles. The number of anilines is 1. The van der Waals surface area contributed by atoms with Crippen LogP contribution in [-0.4, -0.2) is 66.4 Å². The number of piperidine rings is 2. The molecule has 1 unspecified atom stereocenters.